The fourth-order valence-electron chi connectivity index (χ4n) is 1.84. The highest BCUT2D eigenvalue weighted by Gasteiger charge is 2.22. The molecule has 1 saturated heterocycles. The van der Waals surface area contributed by atoms with Crippen molar-refractivity contribution in [3.63, 3.8) is 0 Å². The zero-order chi connectivity index (χ0) is 10.6. The smallest absolute Gasteiger partial charge is 0.304 e. The van der Waals surface area contributed by atoms with Gasteiger partial charge in [-0.3, -0.25) is 9.59 Å². The molecular formula is C10H17NO3. The fourth-order valence-corrected chi connectivity index (χ4v) is 1.84. The lowest BCUT2D eigenvalue weighted by molar-refractivity contribution is -0.137. The fraction of sp³-hybridized carbons (Fsp3) is 0.800. The summed E-state index contributed by atoms with van der Waals surface area (Å²) in [5, 5.41) is 8.53. The number of carboxylic acid groups (broad SMARTS) is 1. The molecule has 1 heterocycles. The van der Waals surface area contributed by atoms with Gasteiger partial charge >= 0.3 is 5.97 Å². The predicted octanol–water partition coefficient (Wildman–Crippen LogP) is 0.762. The van der Waals surface area contributed by atoms with E-state index in [-0.39, 0.29) is 18.1 Å². The minimum absolute atomic E-state index is 0.123. The molecule has 0 spiro atoms. The Hall–Kier alpha value is -0.900. The van der Waals surface area contributed by atoms with Crippen molar-refractivity contribution in [2.75, 3.05) is 19.6 Å². The highest BCUT2D eigenvalue weighted by molar-refractivity contribution is 5.78. The van der Waals surface area contributed by atoms with E-state index in [0.717, 1.165) is 25.9 Å². The molecule has 1 aliphatic heterocycles. The third kappa shape index (κ3) is 3.46. The Labute approximate surface area is 83.9 Å². The molecule has 0 aromatic rings. The summed E-state index contributed by atoms with van der Waals surface area (Å²) in [5.41, 5.74) is 0. The second kappa shape index (κ2) is 5.10. The van der Waals surface area contributed by atoms with Crippen molar-refractivity contribution in [1.82, 2.24) is 4.90 Å². The van der Waals surface area contributed by atoms with Gasteiger partial charge in [-0.2, -0.15) is 0 Å². The van der Waals surface area contributed by atoms with E-state index in [2.05, 4.69) is 4.90 Å². The number of carboxylic acids is 1. The van der Waals surface area contributed by atoms with Gasteiger partial charge < -0.3 is 10.0 Å². The van der Waals surface area contributed by atoms with E-state index >= 15 is 0 Å². The second-order valence-electron chi connectivity index (χ2n) is 3.89. The molecule has 1 atom stereocenters. The number of rotatable bonds is 4. The van der Waals surface area contributed by atoms with Crippen LogP contribution in [-0.4, -0.2) is 41.4 Å². The number of nitrogens with zero attached hydrogens (tertiary/aromatic N) is 1. The SMILES string of the molecule is CC(=O)C1CCCN(CCC(=O)O)C1. The van der Waals surface area contributed by atoms with Crippen LogP contribution in [0.3, 0.4) is 0 Å². The normalized spacial score (nSPS) is 23.4. The van der Waals surface area contributed by atoms with Crippen LogP contribution >= 0.6 is 0 Å². The number of Topliss-reactive ketones (excluding diaryl/α,β-unsaturated/α-hetero) is 1. The summed E-state index contributed by atoms with van der Waals surface area (Å²) in [5.74, 6) is -0.419. The lowest BCUT2D eigenvalue weighted by Crippen LogP contribution is -2.39. The third-order valence-corrected chi connectivity index (χ3v) is 2.72. The van der Waals surface area contributed by atoms with E-state index in [9.17, 15) is 9.59 Å². The van der Waals surface area contributed by atoms with Crippen molar-refractivity contribution in [2.24, 2.45) is 5.92 Å². The lowest BCUT2D eigenvalue weighted by Gasteiger charge is -2.30. The van der Waals surface area contributed by atoms with Gasteiger partial charge in [0.1, 0.15) is 5.78 Å². The number of ketones is 1. The lowest BCUT2D eigenvalue weighted by atomic mass is 9.94. The van der Waals surface area contributed by atoms with Crippen LogP contribution in [0.2, 0.25) is 0 Å². The van der Waals surface area contributed by atoms with Gasteiger partial charge in [0.2, 0.25) is 0 Å². The van der Waals surface area contributed by atoms with Crippen molar-refractivity contribution in [3.8, 4) is 0 Å². The van der Waals surface area contributed by atoms with Crippen molar-refractivity contribution in [2.45, 2.75) is 26.2 Å². The molecule has 1 rings (SSSR count). The Morgan fingerprint density at radius 1 is 1.50 bits per heavy atom. The standard InChI is InChI=1S/C10H17NO3/c1-8(12)9-3-2-5-11(7-9)6-4-10(13)14/h9H,2-7H2,1H3,(H,13,14). The Balaban J connectivity index is 2.32. The molecule has 4 nitrogen and oxygen atoms in total. The molecule has 1 N–H and O–H groups in total. The summed E-state index contributed by atoms with van der Waals surface area (Å²) in [7, 11) is 0. The number of hydrogen-bond acceptors (Lipinski definition) is 3. The van der Waals surface area contributed by atoms with E-state index in [4.69, 9.17) is 5.11 Å². The molecule has 0 amide bonds. The van der Waals surface area contributed by atoms with Gasteiger partial charge in [0, 0.05) is 19.0 Å². The number of hydrogen-bond donors (Lipinski definition) is 1. The quantitative estimate of drug-likeness (QED) is 0.726. The van der Waals surface area contributed by atoms with E-state index in [1.54, 1.807) is 6.92 Å². The predicted molar refractivity (Wildman–Crippen MR) is 52.1 cm³/mol. The summed E-state index contributed by atoms with van der Waals surface area (Å²) in [6.07, 6.45) is 2.13. The summed E-state index contributed by atoms with van der Waals surface area (Å²) in [6.45, 7) is 3.85. The molecule has 0 radical (unpaired) electrons. The number of likely N-dealkylation sites (tertiary alicyclic amines) is 1. The summed E-state index contributed by atoms with van der Waals surface area (Å²) in [6, 6.07) is 0. The van der Waals surface area contributed by atoms with E-state index < -0.39 is 5.97 Å². The largest absolute Gasteiger partial charge is 0.481 e. The van der Waals surface area contributed by atoms with E-state index in [1.807, 2.05) is 0 Å². The third-order valence-electron chi connectivity index (χ3n) is 2.72. The van der Waals surface area contributed by atoms with E-state index in [1.165, 1.54) is 0 Å². The molecule has 0 bridgehead atoms. The minimum Gasteiger partial charge on any atom is -0.481 e. The Morgan fingerprint density at radius 2 is 2.21 bits per heavy atom. The highest BCUT2D eigenvalue weighted by Crippen LogP contribution is 2.17. The monoisotopic (exact) mass is 199 g/mol. The molecule has 1 aliphatic rings. The van der Waals surface area contributed by atoms with Crippen LogP contribution in [0.15, 0.2) is 0 Å². The molecule has 0 aromatic carbocycles. The number of aliphatic carboxylic acids is 1. The molecule has 80 valence electrons. The van der Waals surface area contributed by atoms with Crippen LogP contribution < -0.4 is 0 Å². The summed E-state index contributed by atoms with van der Waals surface area (Å²) in [4.78, 5) is 23.6. The van der Waals surface area contributed by atoms with Gasteiger partial charge in [-0.05, 0) is 26.3 Å². The van der Waals surface area contributed by atoms with Gasteiger partial charge in [-0.25, -0.2) is 0 Å². The molecule has 0 saturated carbocycles. The zero-order valence-corrected chi connectivity index (χ0v) is 8.53. The van der Waals surface area contributed by atoms with Crippen LogP contribution in [0.25, 0.3) is 0 Å². The van der Waals surface area contributed by atoms with Crippen LogP contribution in [-0.2, 0) is 9.59 Å². The Bertz CT molecular complexity index is 227. The average molecular weight is 199 g/mol. The average Bonchev–Trinajstić information content (AvgIpc) is 2.15. The maximum atomic E-state index is 11.1. The van der Waals surface area contributed by atoms with Crippen LogP contribution in [0, 0.1) is 5.92 Å². The first-order chi connectivity index (χ1) is 6.59. The van der Waals surface area contributed by atoms with Crippen LogP contribution in [0.1, 0.15) is 26.2 Å². The maximum Gasteiger partial charge on any atom is 0.304 e. The van der Waals surface area contributed by atoms with Gasteiger partial charge in [0.15, 0.2) is 0 Å². The summed E-state index contributed by atoms with van der Waals surface area (Å²) >= 11 is 0. The van der Waals surface area contributed by atoms with Gasteiger partial charge in [0.05, 0.1) is 6.42 Å². The van der Waals surface area contributed by atoms with Crippen molar-refractivity contribution >= 4 is 11.8 Å². The number of piperidine rings is 1. The maximum absolute atomic E-state index is 11.1. The van der Waals surface area contributed by atoms with Crippen molar-refractivity contribution in [1.29, 1.82) is 0 Å². The second-order valence-corrected chi connectivity index (χ2v) is 3.89. The minimum atomic E-state index is -0.769. The number of carbonyl (C=O) groups is 2. The molecule has 14 heavy (non-hydrogen) atoms. The first-order valence-electron chi connectivity index (χ1n) is 5.04. The molecule has 1 unspecified atom stereocenters. The van der Waals surface area contributed by atoms with Gasteiger partial charge in [-0.1, -0.05) is 0 Å². The van der Waals surface area contributed by atoms with Crippen molar-refractivity contribution in [3.05, 3.63) is 0 Å². The highest BCUT2D eigenvalue weighted by atomic mass is 16.4. The van der Waals surface area contributed by atoms with Crippen LogP contribution in [0.5, 0.6) is 0 Å². The molecule has 0 aromatic heterocycles. The molecular weight excluding hydrogens is 182 g/mol. The van der Waals surface area contributed by atoms with Crippen molar-refractivity contribution < 1.29 is 14.7 Å². The Morgan fingerprint density at radius 3 is 2.79 bits per heavy atom. The Kier molecular flexibility index (Phi) is 4.07. The first kappa shape index (κ1) is 11.2. The number of carbonyl (C=O) groups excluding carboxylic acids is 1. The van der Waals surface area contributed by atoms with Gasteiger partial charge in [-0.15, -0.1) is 0 Å². The zero-order valence-electron chi connectivity index (χ0n) is 8.53. The van der Waals surface area contributed by atoms with E-state index in [0.29, 0.717) is 6.54 Å². The van der Waals surface area contributed by atoms with Gasteiger partial charge in [0.25, 0.3) is 0 Å². The molecule has 0 aliphatic carbocycles. The first-order valence-corrected chi connectivity index (χ1v) is 5.04. The summed E-state index contributed by atoms with van der Waals surface area (Å²) < 4.78 is 0. The molecule has 1 fully saturated rings. The molecule has 4 heteroatoms. The topological polar surface area (TPSA) is 57.6 Å². The van der Waals surface area contributed by atoms with Crippen LogP contribution in [0.4, 0.5) is 0 Å².